The normalized spacial score (nSPS) is 11.4. The van der Waals surface area contributed by atoms with Gasteiger partial charge >= 0.3 is 5.97 Å². The van der Waals surface area contributed by atoms with E-state index in [1.54, 1.807) is 24.3 Å². The Balaban J connectivity index is 1.89. The summed E-state index contributed by atoms with van der Waals surface area (Å²) in [5.41, 5.74) is 4.16. The average molecular weight is 308 g/mol. The van der Waals surface area contributed by atoms with Crippen molar-refractivity contribution in [2.75, 3.05) is 0 Å². The van der Waals surface area contributed by atoms with E-state index in [2.05, 4.69) is 15.2 Å². The van der Waals surface area contributed by atoms with Gasteiger partial charge < -0.3 is 5.11 Å². The van der Waals surface area contributed by atoms with Crippen LogP contribution >= 0.6 is 0 Å². The fourth-order valence-corrected chi connectivity index (χ4v) is 2.34. The number of benzene rings is 1. The van der Waals surface area contributed by atoms with Crippen molar-refractivity contribution < 1.29 is 9.90 Å². The quantitative estimate of drug-likeness (QED) is 0.740. The van der Waals surface area contributed by atoms with Gasteiger partial charge in [-0.1, -0.05) is 18.2 Å². The fourth-order valence-electron chi connectivity index (χ4n) is 2.34. The molecule has 1 aromatic carbocycles. The number of aliphatic carboxylic acids is 1. The van der Waals surface area contributed by atoms with E-state index >= 15 is 0 Å². The van der Waals surface area contributed by atoms with E-state index in [0.29, 0.717) is 11.5 Å². The lowest BCUT2D eigenvalue weighted by atomic mass is 10.1. The molecule has 0 radical (unpaired) electrons. The number of rotatable bonds is 4. The van der Waals surface area contributed by atoms with Gasteiger partial charge in [-0.3, -0.25) is 9.20 Å². The van der Waals surface area contributed by atoms with Crippen LogP contribution in [0.15, 0.2) is 52.8 Å². The van der Waals surface area contributed by atoms with Crippen LogP contribution in [0.3, 0.4) is 0 Å². The van der Waals surface area contributed by atoms with Gasteiger partial charge in [0.15, 0.2) is 5.82 Å². The summed E-state index contributed by atoms with van der Waals surface area (Å²) < 4.78 is 1.91. The van der Waals surface area contributed by atoms with Crippen molar-refractivity contribution in [2.24, 2.45) is 10.2 Å². The van der Waals surface area contributed by atoms with E-state index < -0.39 is 5.97 Å². The van der Waals surface area contributed by atoms with E-state index in [-0.39, 0.29) is 6.42 Å². The molecule has 116 valence electrons. The first kappa shape index (κ1) is 14.9. The third-order valence-electron chi connectivity index (χ3n) is 3.46. The molecule has 0 atom stereocenters. The number of imidazole rings is 1. The summed E-state index contributed by atoms with van der Waals surface area (Å²) in [4.78, 5) is 15.1. The molecule has 2 heterocycles. The molecule has 1 N–H and O–H groups in total. The largest absolute Gasteiger partial charge is 0.481 e. The number of hydrogen-bond donors (Lipinski definition) is 1. The number of aryl methyl sites for hydroxylation is 2. The monoisotopic (exact) mass is 308 g/mol. The molecule has 3 aromatic rings. The number of nitrogens with zero attached hydrogens (tertiary/aromatic N) is 4. The predicted octanol–water partition coefficient (Wildman–Crippen LogP) is 3.99. The lowest BCUT2D eigenvalue weighted by molar-refractivity contribution is -0.136. The zero-order chi connectivity index (χ0) is 16.4. The van der Waals surface area contributed by atoms with Crippen LogP contribution in [-0.2, 0) is 11.2 Å². The maximum absolute atomic E-state index is 10.7. The molecular formula is C17H16N4O2. The standard InChI is InChI=1S/C17H16N4O2/c1-11-3-8-15-18-12(2)17(21(15)10-11)20-19-14-6-4-13(5-7-14)9-16(22)23/h3-8,10H,9H2,1-2H3,(H,22,23). The first-order chi connectivity index (χ1) is 11.0. The van der Waals surface area contributed by atoms with Gasteiger partial charge in [0.1, 0.15) is 5.65 Å². The molecule has 0 saturated heterocycles. The number of pyridine rings is 1. The van der Waals surface area contributed by atoms with Gasteiger partial charge in [0, 0.05) is 6.20 Å². The van der Waals surface area contributed by atoms with E-state index in [9.17, 15) is 4.79 Å². The second kappa shape index (κ2) is 6.00. The lowest BCUT2D eigenvalue weighted by Crippen LogP contribution is -1.99. The van der Waals surface area contributed by atoms with Crippen LogP contribution in [-0.4, -0.2) is 20.5 Å². The minimum Gasteiger partial charge on any atom is -0.481 e. The van der Waals surface area contributed by atoms with Crippen LogP contribution in [0.25, 0.3) is 5.65 Å². The summed E-state index contributed by atoms with van der Waals surface area (Å²) in [5, 5.41) is 17.3. The van der Waals surface area contributed by atoms with Gasteiger partial charge in [0.2, 0.25) is 0 Å². The number of carbonyl (C=O) groups is 1. The molecule has 6 nitrogen and oxygen atoms in total. The molecular weight excluding hydrogens is 292 g/mol. The number of azo groups is 1. The maximum atomic E-state index is 10.7. The molecule has 0 bridgehead atoms. The van der Waals surface area contributed by atoms with Crippen molar-refractivity contribution in [3.63, 3.8) is 0 Å². The molecule has 0 aliphatic rings. The highest BCUT2D eigenvalue weighted by atomic mass is 16.4. The first-order valence-corrected chi connectivity index (χ1v) is 7.21. The van der Waals surface area contributed by atoms with Gasteiger partial charge in [-0.25, -0.2) is 4.98 Å². The Hall–Kier alpha value is -3.02. The van der Waals surface area contributed by atoms with Crippen LogP contribution < -0.4 is 0 Å². The second-order valence-electron chi connectivity index (χ2n) is 5.39. The molecule has 0 saturated carbocycles. The zero-order valence-corrected chi connectivity index (χ0v) is 12.9. The van der Waals surface area contributed by atoms with Crippen molar-refractivity contribution in [2.45, 2.75) is 20.3 Å². The van der Waals surface area contributed by atoms with Crippen molar-refractivity contribution in [3.05, 3.63) is 59.4 Å². The Morgan fingerprint density at radius 1 is 1.13 bits per heavy atom. The van der Waals surface area contributed by atoms with Gasteiger partial charge in [0.25, 0.3) is 0 Å². The number of aromatic nitrogens is 2. The van der Waals surface area contributed by atoms with Gasteiger partial charge in [-0.15, -0.1) is 10.2 Å². The Kier molecular flexibility index (Phi) is 3.89. The molecule has 2 aromatic heterocycles. The third kappa shape index (κ3) is 3.26. The molecule has 6 heteroatoms. The van der Waals surface area contributed by atoms with Crippen molar-refractivity contribution in [1.82, 2.24) is 9.38 Å². The highest BCUT2D eigenvalue weighted by molar-refractivity contribution is 5.70. The van der Waals surface area contributed by atoms with Gasteiger partial charge in [0.05, 0.1) is 17.8 Å². The van der Waals surface area contributed by atoms with E-state index in [1.165, 1.54) is 0 Å². The van der Waals surface area contributed by atoms with Crippen molar-refractivity contribution in [1.29, 1.82) is 0 Å². The molecule has 0 spiro atoms. The van der Waals surface area contributed by atoms with Crippen LogP contribution in [0.1, 0.15) is 16.8 Å². The van der Waals surface area contributed by atoms with Crippen molar-refractivity contribution >= 4 is 23.1 Å². The molecule has 0 aliphatic heterocycles. The van der Waals surface area contributed by atoms with E-state index in [1.807, 2.05) is 36.6 Å². The van der Waals surface area contributed by atoms with E-state index in [4.69, 9.17) is 5.11 Å². The summed E-state index contributed by atoms with van der Waals surface area (Å²) in [6.45, 7) is 3.91. The number of hydrogen-bond acceptors (Lipinski definition) is 4. The smallest absolute Gasteiger partial charge is 0.307 e. The fraction of sp³-hybridized carbons (Fsp3) is 0.176. The highest BCUT2D eigenvalue weighted by Gasteiger charge is 2.08. The summed E-state index contributed by atoms with van der Waals surface area (Å²) >= 11 is 0. The zero-order valence-electron chi connectivity index (χ0n) is 12.9. The lowest BCUT2D eigenvalue weighted by Gasteiger charge is -1.99. The second-order valence-corrected chi connectivity index (χ2v) is 5.39. The topological polar surface area (TPSA) is 79.3 Å². The van der Waals surface area contributed by atoms with Crippen LogP contribution in [0.5, 0.6) is 0 Å². The van der Waals surface area contributed by atoms with Crippen LogP contribution in [0.4, 0.5) is 11.5 Å². The number of carboxylic acids is 1. The summed E-state index contributed by atoms with van der Waals surface area (Å²) in [6.07, 6.45) is 1.97. The molecule has 0 fully saturated rings. The first-order valence-electron chi connectivity index (χ1n) is 7.21. The number of fused-ring (bicyclic) bond motifs is 1. The summed E-state index contributed by atoms with van der Waals surface area (Å²) in [5.74, 6) is -0.158. The Labute approximate surface area is 133 Å². The predicted molar refractivity (Wildman–Crippen MR) is 86.6 cm³/mol. The van der Waals surface area contributed by atoms with Gasteiger partial charge in [-0.2, -0.15) is 0 Å². The summed E-state index contributed by atoms with van der Waals surface area (Å²) in [7, 11) is 0. The molecule has 0 unspecified atom stereocenters. The average Bonchev–Trinajstić information content (AvgIpc) is 2.81. The molecule has 0 aliphatic carbocycles. The van der Waals surface area contributed by atoms with E-state index in [0.717, 1.165) is 22.5 Å². The van der Waals surface area contributed by atoms with Gasteiger partial charge in [-0.05, 0) is 43.2 Å². The van der Waals surface area contributed by atoms with Crippen LogP contribution in [0, 0.1) is 13.8 Å². The Morgan fingerprint density at radius 2 is 1.87 bits per heavy atom. The Morgan fingerprint density at radius 3 is 2.57 bits per heavy atom. The molecule has 23 heavy (non-hydrogen) atoms. The SMILES string of the molecule is Cc1ccc2nc(C)c(N=Nc3ccc(CC(=O)O)cc3)n2c1. The summed E-state index contributed by atoms with van der Waals surface area (Å²) in [6, 6.07) is 10.9. The third-order valence-corrected chi connectivity index (χ3v) is 3.46. The Bertz CT molecular complexity index is 895. The number of carboxylic acid groups (broad SMARTS) is 1. The molecule has 0 amide bonds. The van der Waals surface area contributed by atoms with Crippen molar-refractivity contribution in [3.8, 4) is 0 Å². The molecule has 3 rings (SSSR count). The highest BCUT2D eigenvalue weighted by Crippen LogP contribution is 2.24. The van der Waals surface area contributed by atoms with Crippen LogP contribution in [0.2, 0.25) is 0 Å². The minimum absolute atomic E-state index is 0.00304. The maximum Gasteiger partial charge on any atom is 0.307 e. The minimum atomic E-state index is -0.851.